The van der Waals surface area contributed by atoms with Crippen LogP contribution in [0.25, 0.3) is 0 Å². The summed E-state index contributed by atoms with van der Waals surface area (Å²) in [7, 11) is 0. The molecule has 0 aromatic heterocycles. The lowest BCUT2D eigenvalue weighted by atomic mass is 10.1. The second kappa shape index (κ2) is 6.25. The maximum atomic E-state index is 11.4. The molecule has 0 saturated carbocycles. The molecule has 0 fully saturated rings. The SMILES string of the molecule is C[C@H](NC(=O)CCC(=O)O)c1cccc(Cl)c1. The van der Waals surface area contributed by atoms with E-state index in [1.807, 2.05) is 13.0 Å². The van der Waals surface area contributed by atoms with Gasteiger partial charge in [-0.15, -0.1) is 0 Å². The van der Waals surface area contributed by atoms with E-state index in [-0.39, 0.29) is 24.8 Å². The van der Waals surface area contributed by atoms with Gasteiger partial charge in [0.05, 0.1) is 12.5 Å². The third kappa shape index (κ3) is 4.87. The number of hydrogen-bond acceptors (Lipinski definition) is 2. The summed E-state index contributed by atoms with van der Waals surface area (Å²) in [5.41, 5.74) is 0.890. The van der Waals surface area contributed by atoms with E-state index in [2.05, 4.69) is 5.32 Å². The highest BCUT2D eigenvalue weighted by molar-refractivity contribution is 6.30. The molecule has 0 saturated heterocycles. The van der Waals surface area contributed by atoms with Crippen LogP contribution in [0, 0.1) is 0 Å². The number of carboxylic acid groups (broad SMARTS) is 1. The summed E-state index contributed by atoms with van der Waals surface area (Å²) in [5, 5.41) is 11.8. The Morgan fingerprint density at radius 3 is 2.71 bits per heavy atom. The number of nitrogens with one attached hydrogen (secondary N) is 1. The van der Waals surface area contributed by atoms with E-state index in [1.165, 1.54) is 0 Å². The number of amides is 1. The Morgan fingerprint density at radius 1 is 1.41 bits per heavy atom. The highest BCUT2D eigenvalue weighted by Gasteiger charge is 2.10. The van der Waals surface area contributed by atoms with Gasteiger partial charge in [0.1, 0.15) is 0 Å². The smallest absolute Gasteiger partial charge is 0.303 e. The molecule has 0 aliphatic rings. The summed E-state index contributed by atoms with van der Waals surface area (Å²) >= 11 is 5.84. The molecule has 0 radical (unpaired) electrons. The lowest BCUT2D eigenvalue weighted by Crippen LogP contribution is -2.26. The Labute approximate surface area is 105 Å². The van der Waals surface area contributed by atoms with Gasteiger partial charge in [-0.3, -0.25) is 9.59 Å². The Hall–Kier alpha value is -1.55. The van der Waals surface area contributed by atoms with E-state index < -0.39 is 5.97 Å². The van der Waals surface area contributed by atoms with Crippen LogP contribution >= 0.6 is 11.6 Å². The lowest BCUT2D eigenvalue weighted by Gasteiger charge is -2.14. The zero-order chi connectivity index (χ0) is 12.8. The largest absolute Gasteiger partial charge is 0.481 e. The molecule has 0 aliphatic heterocycles. The predicted octanol–water partition coefficient (Wildman–Crippen LogP) is 2.38. The van der Waals surface area contributed by atoms with Crippen LogP contribution in [0.2, 0.25) is 5.02 Å². The monoisotopic (exact) mass is 255 g/mol. The van der Waals surface area contributed by atoms with E-state index in [4.69, 9.17) is 16.7 Å². The van der Waals surface area contributed by atoms with Gasteiger partial charge < -0.3 is 10.4 Å². The average Bonchev–Trinajstić information content (AvgIpc) is 2.26. The zero-order valence-electron chi connectivity index (χ0n) is 9.44. The Bertz CT molecular complexity index is 420. The van der Waals surface area contributed by atoms with Crippen molar-refractivity contribution in [3.05, 3.63) is 34.9 Å². The Morgan fingerprint density at radius 2 is 2.12 bits per heavy atom. The summed E-state index contributed by atoms with van der Waals surface area (Å²) in [5.74, 6) is -1.25. The van der Waals surface area contributed by atoms with Gasteiger partial charge in [-0.05, 0) is 24.6 Å². The van der Waals surface area contributed by atoms with Crippen molar-refractivity contribution < 1.29 is 14.7 Å². The summed E-state index contributed by atoms with van der Waals surface area (Å²) in [6.45, 7) is 1.82. The molecule has 5 heteroatoms. The summed E-state index contributed by atoms with van der Waals surface area (Å²) < 4.78 is 0. The maximum Gasteiger partial charge on any atom is 0.303 e. The molecule has 1 amide bonds. The molecule has 1 atom stereocenters. The third-order valence-electron chi connectivity index (χ3n) is 2.29. The Kier molecular flexibility index (Phi) is 4.97. The number of carboxylic acids is 1. The fourth-order valence-electron chi connectivity index (χ4n) is 1.39. The molecule has 0 aliphatic carbocycles. The van der Waals surface area contributed by atoms with E-state index in [0.717, 1.165) is 5.56 Å². The van der Waals surface area contributed by atoms with Crippen LogP contribution in [-0.2, 0) is 9.59 Å². The van der Waals surface area contributed by atoms with Crippen LogP contribution in [-0.4, -0.2) is 17.0 Å². The van der Waals surface area contributed by atoms with Crippen LogP contribution in [0.15, 0.2) is 24.3 Å². The number of carbonyl (C=O) groups is 2. The average molecular weight is 256 g/mol. The van der Waals surface area contributed by atoms with Crippen LogP contribution in [0.3, 0.4) is 0 Å². The lowest BCUT2D eigenvalue weighted by molar-refractivity contribution is -0.138. The fourth-order valence-corrected chi connectivity index (χ4v) is 1.59. The van der Waals surface area contributed by atoms with Gasteiger partial charge in [0.15, 0.2) is 0 Å². The maximum absolute atomic E-state index is 11.4. The summed E-state index contributed by atoms with van der Waals surface area (Å²) in [4.78, 5) is 21.7. The minimum Gasteiger partial charge on any atom is -0.481 e. The molecule has 92 valence electrons. The number of hydrogen-bond donors (Lipinski definition) is 2. The first kappa shape index (κ1) is 13.5. The molecule has 2 N–H and O–H groups in total. The quantitative estimate of drug-likeness (QED) is 0.849. The Balaban J connectivity index is 2.51. The van der Waals surface area contributed by atoms with Gasteiger partial charge in [0.2, 0.25) is 5.91 Å². The van der Waals surface area contributed by atoms with Crippen molar-refractivity contribution >= 4 is 23.5 Å². The molecular formula is C12H14ClNO3. The third-order valence-corrected chi connectivity index (χ3v) is 2.53. The molecule has 0 unspecified atom stereocenters. The molecule has 0 bridgehead atoms. The number of aliphatic carboxylic acids is 1. The van der Waals surface area contributed by atoms with Crippen molar-refractivity contribution in [3.63, 3.8) is 0 Å². The highest BCUT2D eigenvalue weighted by atomic mass is 35.5. The van der Waals surface area contributed by atoms with E-state index in [1.54, 1.807) is 18.2 Å². The van der Waals surface area contributed by atoms with Gasteiger partial charge in [-0.25, -0.2) is 0 Å². The molecule has 0 heterocycles. The van der Waals surface area contributed by atoms with Gasteiger partial charge >= 0.3 is 5.97 Å². The van der Waals surface area contributed by atoms with Crippen molar-refractivity contribution in [2.24, 2.45) is 0 Å². The van der Waals surface area contributed by atoms with E-state index >= 15 is 0 Å². The van der Waals surface area contributed by atoms with Crippen molar-refractivity contribution in [1.29, 1.82) is 0 Å². The van der Waals surface area contributed by atoms with Crippen LogP contribution in [0.4, 0.5) is 0 Å². The van der Waals surface area contributed by atoms with Crippen LogP contribution in [0.1, 0.15) is 31.4 Å². The van der Waals surface area contributed by atoms with Gasteiger partial charge in [0.25, 0.3) is 0 Å². The number of benzene rings is 1. The van der Waals surface area contributed by atoms with Gasteiger partial charge in [-0.1, -0.05) is 23.7 Å². The first-order chi connectivity index (χ1) is 7.99. The summed E-state index contributed by atoms with van der Waals surface area (Å²) in [6.07, 6.45) is -0.172. The molecule has 1 rings (SSSR count). The predicted molar refractivity (Wildman–Crippen MR) is 64.9 cm³/mol. The second-order valence-corrected chi connectivity index (χ2v) is 4.17. The van der Waals surface area contributed by atoms with Gasteiger partial charge in [-0.2, -0.15) is 0 Å². The normalized spacial score (nSPS) is 11.9. The second-order valence-electron chi connectivity index (χ2n) is 3.74. The van der Waals surface area contributed by atoms with Crippen molar-refractivity contribution in [2.45, 2.75) is 25.8 Å². The molecule has 0 spiro atoms. The number of rotatable bonds is 5. The molecule has 1 aromatic rings. The molecular weight excluding hydrogens is 242 g/mol. The summed E-state index contributed by atoms with van der Waals surface area (Å²) in [6, 6.07) is 6.99. The highest BCUT2D eigenvalue weighted by Crippen LogP contribution is 2.17. The van der Waals surface area contributed by atoms with Crippen molar-refractivity contribution in [2.75, 3.05) is 0 Å². The van der Waals surface area contributed by atoms with Crippen molar-refractivity contribution in [1.82, 2.24) is 5.32 Å². The van der Waals surface area contributed by atoms with Crippen LogP contribution in [0.5, 0.6) is 0 Å². The first-order valence-corrected chi connectivity index (χ1v) is 5.63. The minimum absolute atomic E-state index is 0.0137. The molecule has 17 heavy (non-hydrogen) atoms. The van der Waals surface area contributed by atoms with E-state index in [0.29, 0.717) is 5.02 Å². The fraction of sp³-hybridized carbons (Fsp3) is 0.333. The minimum atomic E-state index is -0.976. The first-order valence-electron chi connectivity index (χ1n) is 5.25. The zero-order valence-corrected chi connectivity index (χ0v) is 10.2. The van der Waals surface area contributed by atoms with E-state index in [9.17, 15) is 9.59 Å². The standard InChI is InChI=1S/C12H14ClNO3/c1-8(9-3-2-4-10(13)7-9)14-11(15)5-6-12(16)17/h2-4,7-8H,5-6H2,1H3,(H,14,15)(H,16,17)/t8-/m0/s1. The molecule has 1 aromatic carbocycles. The topological polar surface area (TPSA) is 66.4 Å². The number of carbonyl (C=O) groups excluding carboxylic acids is 1. The number of halogens is 1. The van der Waals surface area contributed by atoms with Crippen LogP contribution < -0.4 is 5.32 Å². The molecule has 4 nitrogen and oxygen atoms in total. The van der Waals surface area contributed by atoms with Gasteiger partial charge in [0, 0.05) is 11.4 Å². The van der Waals surface area contributed by atoms with Crippen molar-refractivity contribution in [3.8, 4) is 0 Å².